The molecule has 0 saturated heterocycles. The van der Waals surface area contributed by atoms with Gasteiger partial charge >= 0.3 is 0 Å². The number of halogens is 1. The van der Waals surface area contributed by atoms with Crippen LogP contribution in [0.4, 0.5) is 16.2 Å². The van der Waals surface area contributed by atoms with Crippen LogP contribution in [-0.2, 0) is 13.0 Å². The molecular weight excluding hydrogens is 359 g/mol. The molecule has 0 unspecified atom stereocenters. The number of ether oxygens (including phenoxy) is 2. The largest absolute Gasteiger partial charge is 0.454 e. The second-order valence-corrected chi connectivity index (χ2v) is 6.53. The summed E-state index contributed by atoms with van der Waals surface area (Å²) in [5, 5.41) is 6.47. The van der Waals surface area contributed by atoms with Crippen LogP contribution in [0, 0.1) is 12.7 Å². The molecule has 28 heavy (non-hydrogen) atoms. The maximum atomic E-state index is 13.7. The van der Waals surface area contributed by atoms with Gasteiger partial charge in [-0.1, -0.05) is 24.3 Å². The number of aryl methyl sites for hydroxylation is 1. The van der Waals surface area contributed by atoms with Crippen LogP contribution in [0.2, 0.25) is 0 Å². The van der Waals surface area contributed by atoms with Gasteiger partial charge in [0.15, 0.2) is 11.5 Å². The highest BCUT2D eigenvalue weighted by Crippen LogP contribution is 2.32. The minimum Gasteiger partial charge on any atom is -0.454 e. The number of benzene rings is 2. The van der Waals surface area contributed by atoms with Gasteiger partial charge in [0.1, 0.15) is 11.6 Å². The molecule has 0 amide bonds. The maximum absolute atomic E-state index is 13.7. The van der Waals surface area contributed by atoms with Crippen LogP contribution in [0.15, 0.2) is 48.5 Å². The van der Waals surface area contributed by atoms with E-state index in [0.717, 1.165) is 28.6 Å². The number of rotatable bonds is 7. The van der Waals surface area contributed by atoms with Crippen LogP contribution in [0.5, 0.6) is 11.5 Å². The molecule has 0 spiro atoms. The molecular formula is C21H21FN4O2. The molecule has 0 saturated carbocycles. The van der Waals surface area contributed by atoms with Crippen molar-refractivity contribution in [3.05, 3.63) is 71.2 Å². The van der Waals surface area contributed by atoms with Crippen LogP contribution in [0.1, 0.15) is 16.8 Å². The van der Waals surface area contributed by atoms with Crippen LogP contribution < -0.4 is 20.1 Å². The standard InChI is InChI=1S/C21H21FN4O2/c1-14-10-20(24-12-15-6-7-18-19(11-15)28-13-27-18)26-21(25-14)23-9-8-16-4-2-3-5-17(16)22/h2-7,10-11H,8-9,12-13H2,1H3,(H2,23,24,25,26). The lowest BCUT2D eigenvalue weighted by Gasteiger charge is -2.11. The first-order chi connectivity index (χ1) is 13.7. The number of aromatic nitrogens is 2. The fourth-order valence-electron chi connectivity index (χ4n) is 2.99. The Bertz CT molecular complexity index is 980. The fourth-order valence-corrected chi connectivity index (χ4v) is 2.99. The van der Waals surface area contributed by atoms with E-state index in [0.29, 0.717) is 31.0 Å². The van der Waals surface area contributed by atoms with E-state index >= 15 is 0 Å². The normalized spacial score (nSPS) is 12.1. The summed E-state index contributed by atoms with van der Waals surface area (Å²) in [5.41, 5.74) is 2.58. The van der Waals surface area contributed by atoms with E-state index in [2.05, 4.69) is 20.6 Å². The Hall–Kier alpha value is -3.35. The maximum Gasteiger partial charge on any atom is 0.231 e. The van der Waals surface area contributed by atoms with Crippen molar-refractivity contribution in [2.45, 2.75) is 19.9 Å². The summed E-state index contributed by atoms with van der Waals surface area (Å²) in [6.07, 6.45) is 0.559. The summed E-state index contributed by atoms with van der Waals surface area (Å²) in [6, 6.07) is 14.5. The second kappa shape index (κ2) is 8.12. The SMILES string of the molecule is Cc1cc(NCc2ccc3c(c2)OCO3)nc(NCCc2ccccc2F)n1. The third kappa shape index (κ3) is 4.31. The molecule has 0 atom stereocenters. The summed E-state index contributed by atoms with van der Waals surface area (Å²) < 4.78 is 24.4. The first-order valence-electron chi connectivity index (χ1n) is 9.13. The van der Waals surface area contributed by atoms with E-state index in [9.17, 15) is 4.39 Å². The number of nitrogens with one attached hydrogen (secondary N) is 2. The first kappa shape index (κ1) is 18.0. The predicted molar refractivity (Wildman–Crippen MR) is 105 cm³/mol. The van der Waals surface area contributed by atoms with Crippen LogP contribution in [0.3, 0.4) is 0 Å². The summed E-state index contributed by atoms with van der Waals surface area (Å²) in [4.78, 5) is 8.89. The number of anilines is 2. The van der Waals surface area contributed by atoms with E-state index in [4.69, 9.17) is 9.47 Å². The summed E-state index contributed by atoms with van der Waals surface area (Å²) in [5.74, 6) is 2.57. The summed E-state index contributed by atoms with van der Waals surface area (Å²) in [6.45, 7) is 3.32. The molecule has 4 rings (SSSR count). The van der Waals surface area contributed by atoms with Gasteiger partial charge in [0.2, 0.25) is 12.7 Å². The topological polar surface area (TPSA) is 68.3 Å². The highest BCUT2D eigenvalue weighted by molar-refractivity contribution is 5.47. The van der Waals surface area contributed by atoms with Crippen LogP contribution in [-0.4, -0.2) is 23.3 Å². The van der Waals surface area contributed by atoms with Crippen molar-refractivity contribution >= 4 is 11.8 Å². The minimum atomic E-state index is -0.194. The highest BCUT2D eigenvalue weighted by atomic mass is 19.1. The molecule has 0 fully saturated rings. The Morgan fingerprint density at radius 3 is 2.75 bits per heavy atom. The van der Waals surface area contributed by atoms with Gasteiger partial charge in [-0.3, -0.25) is 0 Å². The molecule has 144 valence electrons. The quantitative estimate of drug-likeness (QED) is 0.648. The zero-order chi connectivity index (χ0) is 19.3. The Morgan fingerprint density at radius 2 is 1.86 bits per heavy atom. The molecule has 2 heterocycles. The second-order valence-electron chi connectivity index (χ2n) is 6.53. The average molecular weight is 380 g/mol. The molecule has 1 aliphatic heterocycles. The van der Waals surface area contributed by atoms with Crippen molar-refractivity contribution < 1.29 is 13.9 Å². The Balaban J connectivity index is 1.36. The van der Waals surface area contributed by atoms with Gasteiger partial charge < -0.3 is 20.1 Å². The van der Waals surface area contributed by atoms with E-state index in [1.807, 2.05) is 37.3 Å². The van der Waals surface area contributed by atoms with Gasteiger partial charge in [-0.25, -0.2) is 9.37 Å². The number of fused-ring (bicyclic) bond motifs is 1. The molecule has 0 aliphatic carbocycles. The Labute approximate surface area is 162 Å². The van der Waals surface area contributed by atoms with Crippen LogP contribution >= 0.6 is 0 Å². The van der Waals surface area contributed by atoms with Crippen molar-refractivity contribution in [3.63, 3.8) is 0 Å². The highest BCUT2D eigenvalue weighted by Gasteiger charge is 2.13. The molecule has 6 nitrogen and oxygen atoms in total. The molecule has 2 aromatic carbocycles. The zero-order valence-corrected chi connectivity index (χ0v) is 15.5. The van der Waals surface area contributed by atoms with Crippen molar-refractivity contribution in [3.8, 4) is 11.5 Å². The third-order valence-electron chi connectivity index (χ3n) is 4.40. The van der Waals surface area contributed by atoms with E-state index < -0.39 is 0 Å². The van der Waals surface area contributed by atoms with Gasteiger partial charge in [-0.2, -0.15) is 4.98 Å². The van der Waals surface area contributed by atoms with Gasteiger partial charge in [0.05, 0.1) is 0 Å². The molecule has 0 radical (unpaired) electrons. The van der Waals surface area contributed by atoms with Crippen LogP contribution in [0.25, 0.3) is 0 Å². The predicted octanol–water partition coefficient (Wildman–Crippen LogP) is 3.92. The molecule has 7 heteroatoms. The van der Waals surface area contributed by atoms with Gasteiger partial charge in [0.25, 0.3) is 0 Å². The van der Waals surface area contributed by atoms with Crippen molar-refractivity contribution in [2.75, 3.05) is 24.0 Å². The zero-order valence-electron chi connectivity index (χ0n) is 15.5. The molecule has 3 aromatic rings. The van der Waals surface area contributed by atoms with Crippen molar-refractivity contribution in [1.82, 2.24) is 9.97 Å². The van der Waals surface area contributed by atoms with Crippen molar-refractivity contribution in [2.24, 2.45) is 0 Å². The van der Waals surface area contributed by atoms with E-state index in [1.54, 1.807) is 12.1 Å². The number of hydrogen-bond acceptors (Lipinski definition) is 6. The van der Waals surface area contributed by atoms with E-state index in [1.165, 1.54) is 6.07 Å². The number of nitrogens with zero attached hydrogens (tertiary/aromatic N) is 2. The monoisotopic (exact) mass is 380 g/mol. The van der Waals surface area contributed by atoms with Gasteiger partial charge in [0, 0.05) is 24.8 Å². The lowest BCUT2D eigenvalue weighted by Crippen LogP contribution is -2.11. The molecule has 1 aromatic heterocycles. The Kier molecular flexibility index (Phi) is 5.23. The lowest BCUT2D eigenvalue weighted by molar-refractivity contribution is 0.174. The molecule has 1 aliphatic rings. The molecule has 2 N–H and O–H groups in total. The average Bonchev–Trinajstić information content (AvgIpc) is 3.15. The van der Waals surface area contributed by atoms with Crippen molar-refractivity contribution in [1.29, 1.82) is 0 Å². The third-order valence-corrected chi connectivity index (χ3v) is 4.40. The molecule has 0 bridgehead atoms. The summed E-state index contributed by atoms with van der Waals surface area (Å²) >= 11 is 0. The van der Waals surface area contributed by atoms with E-state index in [-0.39, 0.29) is 12.6 Å². The van der Waals surface area contributed by atoms with Gasteiger partial charge in [-0.05, 0) is 42.7 Å². The lowest BCUT2D eigenvalue weighted by atomic mass is 10.1. The minimum absolute atomic E-state index is 0.194. The smallest absolute Gasteiger partial charge is 0.231 e. The first-order valence-corrected chi connectivity index (χ1v) is 9.13. The summed E-state index contributed by atoms with van der Waals surface area (Å²) in [7, 11) is 0. The van der Waals surface area contributed by atoms with Gasteiger partial charge in [-0.15, -0.1) is 0 Å². The fraction of sp³-hybridized carbons (Fsp3) is 0.238. The number of hydrogen-bond donors (Lipinski definition) is 2. The Morgan fingerprint density at radius 1 is 1.00 bits per heavy atom.